The monoisotopic (exact) mass is 244 g/mol. The van der Waals surface area contributed by atoms with Crippen LogP contribution in [0.3, 0.4) is 0 Å². The molecular formula is C12H24N2OS. The van der Waals surface area contributed by atoms with E-state index in [0.29, 0.717) is 4.75 Å². The molecule has 0 saturated carbocycles. The van der Waals surface area contributed by atoms with E-state index in [1.165, 1.54) is 18.6 Å². The molecule has 2 unspecified atom stereocenters. The molecule has 1 fully saturated rings. The highest BCUT2D eigenvalue weighted by atomic mass is 32.2. The summed E-state index contributed by atoms with van der Waals surface area (Å²) in [5.41, 5.74) is 0. The number of amides is 1. The molecule has 16 heavy (non-hydrogen) atoms. The van der Waals surface area contributed by atoms with Gasteiger partial charge in [-0.1, -0.05) is 0 Å². The number of nitrogens with one attached hydrogen (secondary N) is 2. The zero-order valence-electron chi connectivity index (χ0n) is 10.8. The molecule has 3 nitrogen and oxygen atoms in total. The molecular weight excluding hydrogens is 220 g/mol. The maximum absolute atomic E-state index is 11.7. The van der Waals surface area contributed by atoms with Crippen molar-refractivity contribution in [2.24, 2.45) is 0 Å². The Morgan fingerprint density at radius 1 is 1.44 bits per heavy atom. The zero-order valence-corrected chi connectivity index (χ0v) is 11.6. The minimum atomic E-state index is -0.0968. The van der Waals surface area contributed by atoms with Crippen molar-refractivity contribution in [2.75, 3.05) is 12.3 Å². The second kappa shape index (κ2) is 5.92. The first-order valence-corrected chi connectivity index (χ1v) is 7.09. The van der Waals surface area contributed by atoms with E-state index in [1.807, 2.05) is 32.5 Å². The van der Waals surface area contributed by atoms with E-state index in [4.69, 9.17) is 0 Å². The van der Waals surface area contributed by atoms with Crippen molar-refractivity contribution in [1.29, 1.82) is 0 Å². The lowest BCUT2D eigenvalue weighted by molar-refractivity contribution is -0.123. The third-order valence-corrected chi connectivity index (χ3v) is 4.45. The molecule has 1 aliphatic heterocycles. The van der Waals surface area contributed by atoms with Crippen LogP contribution in [-0.4, -0.2) is 35.0 Å². The van der Waals surface area contributed by atoms with Crippen molar-refractivity contribution >= 4 is 17.7 Å². The molecule has 0 bridgehead atoms. The van der Waals surface area contributed by atoms with Crippen LogP contribution in [0.2, 0.25) is 0 Å². The summed E-state index contributed by atoms with van der Waals surface area (Å²) in [5, 5.41) is 6.26. The Bertz CT molecular complexity index is 237. The minimum Gasteiger partial charge on any atom is -0.353 e. The van der Waals surface area contributed by atoms with E-state index in [1.54, 1.807) is 0 Å². The van der Waals surface area contributed by atoms with Crippen LogP contribution in [0.25, 0.3) is 0 Å². The van der Waals surface area contributed by atoms with Crippen molar-refractivity contribution in [1.82, 2.24) is 10.6 Å². The summed E-state index contributed by atoms with van der Waals surface area (Å²) >= 11 is 2.02. The molecule has 1 rings (SSSR count). The van der Waals surface area contributed by atoms with Crippen LogP contribution >= 0.6 is 11.8 Å². The third kappa shape index (κ3) is 4.34. The quantitative estimate of drug-likeness (QED) is 0.774. The van der Waals surface area contributed by atoms with Crippen LogP contribution in [0.1, 0.15) is 40.5 Å². The lowest BCUT2D eigenvalue weighted by atomic mass is 10.1. The maximum Gasteiger partial charge on any atom is 0.237 e. The Morgan fingerprint density at radius 3 is 2.62 bits per heavy atom. The van der Waals surface area contributed by atoms with Crippen molar-refractivity contribution < 1.29 is 4.79 Å². The standard InChI is InChI=1S/C12H24N2OS/c1-9(2)14-11(15)10(3)13-8-12(4)6-5-7-16-12/h9-10,13H,5-8H2,1-4H3,(H,14,15). The number of hydrogen-bond acceptors (Lipinski definition) is 3. The van der Waals surface area contributed by atoms with Crippen LogP contribution in [0.5, 0.6) is 0 Å². The van der Waals surface area contributed by atoms with Gasteiger partial charge in [0.25, 0.3) is 0 Å². The summed E-state index contributed by atoms with van der Waals surface area (Å²) in [6.45, 7) is 9.10. The number of hydrogen-bond donors (Lipinski definition) is 2. The molecule has 0 radical (unpaired) electrons. The van der Waals surface area contributed by atoms with E-state index in [-0.39, 0.29) is 18.0 Å². The summed E-state index contributed by atoms with van der Waals surface area (Å²) in [5.74, 6) is 1.35. The highest BCUT2D eigenvalue weighted by Crippen LogP contribution is 2.36. The van der Waals surface area contributed by atoms with E-state index in [2.05, 4.69) is 17.6 Å². The van der Waals surface area contributed by atoms with Gasteiger partial charge in [0.05, 0.1) is 6.04 Å². The fourth-order valence-corrected chi connectivity index (χ4v) is 3.10. The number of carbonyl (C=O) groups is 1. The van der Waals surface area contributed by atoms with Gasteiger partial charge in [0.2, 0.25) is 5.91 Å². The molecule has 1 saturated heterocycles. The molecule has 0 aromatic rings. The zero-order chi connectivity index (χ0) is 12.2. The van der Waals surface area contributed by atoms with Crippen molar-refractivity contribution in [3.05, 3.63) is 0 Å². The predicted molar refractivity (Wildman–Crippen MR) is 70.8 cm³/mol. The van der Waals surface area contributed by atoms with Crippen LogP contribution in [-0.2, 0) is 4.79 Å². The summed E-state index contributed by atoms with van der Waals surface area (Å²) in [4.78, 5) is 11.7. The maximum atomic E-state index is 11.7. The van der Waals surface area contributed by atoms with Crippen LogP contribution < -0.4 is 10.6 Å². The van der Waals surface area contributed by atoms with Gasteiger partial charge in [-0.25, -0.2) is 0 Å². The fourth-order valence-electron chi connectivity index (χ4n) is 1.85. The molecule has 0 aromatic heterocycles. The molecule has 0 aromatic carbocycles. The molecule has 2 atom stereocenters. The Kier molecular flexibility index (Phi) is 5.12. The highest BCUT2D eigenvalue weighted by Gasteiger charge is 2.30. The summed E-state index contributed by atoms with van der Waals surface area (Å²) in [7, 11) is 0. The van der Waals surface area contributed by atoms with Gasteiger partial charge < -0.3 is 10.6 Å². The fraction of sp³-hybridized carbons (Fsp3) is 0.917. The second-order valence-electron chi connectivity index (χ2n) is 5.17. The van der Waals surface area contributed by atoms with Gasteiger partial charge in [-0.2, -0.15) is 11.8 Å². The first kappa shape index (κ1) is 13.8. The molecule has 94 valence electrons. The van der Waals surface area contributed by atoms with Crippen LogP contribution in [0.4, 0.5) is 0 Å². The smallest absolute Gasteiger partial charge is 0.237 e. The summed E-state index contributed by atoms with van der Waals surface area (Å²) < 4.78 is 0.326. The molecule has 1 aliphatic rings. The minimum absolute atomic E-state index is 0.0968. The van der Waals surface area contributed by atoms with Gasteiger partial charge in [-0.15, -0.1) is 0 Å². The van der Waals surface area contributed by atoms with Crippen LogP contribution in [0.15, 0.2) is 0 Å². The van der Waals surface area contributed by atoms with E-state index in [9.17, 15) is 4.79 Å². The largest absolute Gasteiger partial charge is 0.353 e. The predicted octanol–water partition coefficient (Wildman–Crippen LogP) is 1.77. The Morgan fingerprint density at radius 2 is 2.12 bits per heavy atom. The van der Waals surface area contributed by atoms with Gasteiger partial charge in [0.1, 0.15) is 0 Å². The molecule has 1 amide bonds. The number of rotatable bonds is 5. The molecule has 2 N–H and O–H groups in total. The summed E-state index contributed by atoms with van der Waals surface area (Å²) in [6, 6.07) is 0.119. The van der Waals surface area contributed by atoms with E-state index < -0.39 is 0 Å². The van der Waals surface area contributed by atoms with Crippen molar-refractivity contribution in [3.63, 3.8) is 0 Å². The van der Waals surface area contributed by atoms with Crippen molar-refractivity contribution in [3.8, 4) is 0 Å². The lowest BCUT2D eigenvalue weighted by Gasteiger charge is -2.25. The number of thioether (sulfide) groups is 1. The molecule has 4 heteroatoms. The van der Waals surface area contributed by atoms with Gasteiger partial charge in [0.15, 0.2) is 0 Å². The van der Waals surface area contributed by atoms with E-state index >= 15 is 0 Å². The number of carbonyl (C=O) groups excluding carboxylic acids is 1. The SMILES string of the molecule is CC(C)NC(=O)C(C)NCC1(C)CCCS1. The van der Waals surface area contributed by atoms with Gasteiger partial charge >= 0.3 is 0 Å². The third-order valence-electron chi connectivity index (χ3n) is 2.91. The normalized spacial score (nSPS) is 27.1. The van der Waals surface area contributed by atoms with E-state index in [0.717, 1.165) is 6.54 Å². The second-order valence-corrected chi connectivity index (χ2v) is 6.85. The van der Waals surface area contributed by atoms with Crippen molar-refractivity contribution in [2.45, 2.75) is 57.4 Å². The Labute approximate surface area is 103 Å². The average molecular weight is 244 g/mol. The summed E-state index contributed by atoms with van der Waals surface area (Å²) in [6.07, 6.45) is 2.55. The highest BCUT2D eigenvalue weighted by molar-refractivity contribution is 8.00. The molecule has 1 heterocycles. The van der Waals surface area contributed by atoms with Crippen LogP contribution in [0, 0.1) is 0 Å². The Balaban J connectivity index is 2.28. The molecule has 0 spiro atoms. The van der Waals surface area contributed by atoms with Gasteiger partial charge in [-0.3, -0.25) is 4.79 Å². The average Bonchev–Trinajstić information content (AvgIpc) is 2.61. The first-order chi connectivity index (χ1) is 7.43. The Hall–Kier alpha value is -0.220. The topological polar surface area (TPSA) is 41.1 Å². The van der Waals surface area contributed by atoms with Gasteiger partial charge in [-0.05, 0) is 46.3 Å². The molecule has 0 aliphatic carbocycles. The first-order valence-electron chi connectivity index (χ1n) is 6.11. The van der Waals surface area contributed by atoms with Gasteiger partial charge in [0, 0.05) is 17.3 Å². The lowest BCUT2D eigenvalue weighted by Crippen LogP contribution is -2.48.